The number of aliphatic hydroxyl groups is 1. The summed E-state index contributed by atoms with van der Waals surface area (Å²) in [6.07, 6.45) is 10.5. The lowest BCUT2D eigenvalue weighted by molar-refractivity contribution is 0.207. The van der Waals surface area contributed by atoms with Crippen molar-refractivity contribution in [3.05, 3.63) is 0 Å². The van der Waals surface area contributed by atoms with Gasteiger partial charge in [-0.15, -0.1) is 0 Å². The minimum Gasteiger partial charge on any atom is -0.396 e. The van der Waals surface area contributed by atoms with E-state index in [-0.39, 0.29) is 5.41 Å². The van der Waals surface area contributed by atoms with E-state index in [1.165, 1.54) is 44.9 Å². The van der Waals surface area contributed by atoms with Gasteiger partial charge in [0.15, 0.2) is 0 Å². The maximum absolute atomic E-state index is 8.92. The monoisotopic (exact) mass is 243 g/mol. The molecule has 0 aliphatic carbocycles. The van der Waals surface area contributed by atoms with Gasteiger partial charge in [-0.2, -0.15) is 0 Å². The lowest BCUT2D eigenvalue weighted by atomic mass is 9.90. The van der Waals surface area contributed by atoms with E-state index >= 15 is 0 Å². The first-order chi connectivity index (χ1) is 8.12. The van der Waals surface area contributed by atoms with E-state index in [9.17, 15) is 0 Å². The number of aliphatic hydroxyl groups excluding tert-OH is 1. The van der Waals surface area contributed by atoms with Crippen molar-refractivity contribution in [2.24, 2.45) is 5.41 Å². The highest BCUT2D eigenvalue weighted by Crippen LogP contribution is 2.17. The van der Waals surface area contributed by atoms with E-state index in [0.717, 1.165) is 19.5 Å². The molecule has 0 aliphatic heterocycles. The Kier molecular flexibility index (Phi) is 11.0. The zero-order chi connectivity index (χ0) is 13.0. The number of hydrogen-bond acceptors (Lipinski definition) is 2. The topological polar surface area (TPSA) is 32.3 Å². The minimum absolute atomic E-state index is 0.232. The molecule has 0 bridgehead atoms. The van der Waals surface area contributed by atoms with Crippen molar-refractivity contribution in [1.82, 2.24) is 5.32 Å². The van der Waals surface area contributed by atoms with Crippen molar-refractivity contribution >= 4 is 0 Å². The molecule has 0 rings (SSSR count). The summed E-state index contributed by atoms with van der Waals surface area (Å²) in [6.45, 7) is 9.12. The van der Waals surface area contributed by atoms with E-state index in [2.05, 4.69) is 26.1 Å². The first-order valence-corrected chi connectivity index (χ1v) is 7.44. The summed E-state index contributed by atoms with van der Waals surface area (Å²) in [5, 5.41) is 12.4. The molecule has 0 atom stereocenters. The van der Waals surface area contributed by atoms with Crippen LogP contribution in [0.25, 0.3) is 0 Å². The van der Waals surface area contributed by atoms with Gasteiger partial charge in [0.2, 0.25) is 0 Å². The smallest absolute Gasteiger partial charge is 0.0436 e. The molecule has 0 aromatic heterocycles. The second-order valence-electron chi connectivity index (χ2n) is 5.94. The summed E-state index contributed by atoms with van der Waals surface area (Å²) in [5.74, 6) is 0. The Labute approximate surface area is 108 Å². The van der Waals surface area contributed by atoms with Crippen LogP contribution in [0.2, 0.25) is 0 Å². The van der Waals surface area contributed by atoms with Crippen molar-refractivity contribution < 1.29 is 5.11 Å². The first-order valence-electron chi connectivity index (χ1n) is 7.44. The van der Waals surface area contributed by atoms with E-state index in [0.29, 0.717) is 6.61 Å². The van der Waals surface area contributed by atoms with Crippen molar-refractivity contribution in [2.75, 3.05) is 19.7 Å². The van der Waals surface area contributed by atoms with Crippen LogP contribution in [0.4, 0.5) is 0 Å². The van der Waals surface area contributed by atoms with Crippen LogP contribution in [-0.4, -0.2) is 24.8 Å². The number of rotatable bonds is 12. The van der Waals surface area contributed by atoms with E-state index in [4.69, 9.17) is 5.11 Å². The van der Waals surface area contributed by atoms with Crippen LogP contribution in [0.1, 0.15) is 72.1 Å². The predicted molar refractivity (Wildman–Crippen MR) is 76.3 cm³/mol. The molecule has 0 aromatic carbocycles. The second kappa shape index (κ2) is 11.0. The van der Waals surface area contributed by atoms with Gasteiger partial charge in [-0.1, -0.05) is 59.3 Å². The molecule has 0 radical (unpaired) electrons. The highest BCUT2D eigenvalue weighted by atomic mass is 16.3. The molecule has 0 saturated heterocycles. The van der Waals surface area contributed by atoms with Gasteiger partial charge < -0.3 is 10.4 Å². The number of hydrogen-bond donors (Lipinski definition) is 2. The molecule has 0 unspecified atom stereocenters. The third-order valence-electron chi connectivity index (χ3n) is 3.35. The summed E-state index contributed by atoms with van der Waals surface area (Å²) in [6, 6.07) is 0. The summed E-state index contributed by atoms with van der Waals surface area (Å²) in [7, 11) is 0. The first kappa shape index (κ1) is 16.9. The Bertz CT molecular complexity index is 157. The molecule has 17 heavy (non-hydrogen) atoms. The molecular weight excluding hydrogens is 210 g/mol. The van der Waals surface area contributed by atoms with Gasteiger partial charge in [0.05, 0.1) is 0 Å². The van der Waals surface area contributed by atoms with Crippen LogP contribution in [0.3, 0.4) is 0 Å². The quantitative estimate of drug-likeness (QED) is 0.512. The molecule has 2 heteroatoms. The maximum atomic E-state index is 8.92. The normalized spacial score (nSPS) is 12.0. The molecular formula is C15H33NO. The average Bonchev–Trinajstić information content (AvgIpc) is 2.27. The summed E-state index contributed by atoms with van der Waals surface area (Å²) in [5.41, 5.74) is 0.232. The fourth-order valence-corrected chi connectivity index (χ4v) is 2.02. The molecule has 0 saturated carbocycles. The number of nitrogens with one attached hydrogen (secondary N) is 1. The van der Waals surface area contributed by atoms with Gasteiger partial charge in [-0.3, -0.25) is 0 Å². The molecule has 0 aliphatic rings. The highest BCUT2D eigenvalue weighted by molar-refractivity contribution is 4.70. The van der Waals surface area contributed by atoms with Crippen LogP contribution < -0.4 is 5.32 Å². The Hall–Kier alpha value is -0.0800. The fraction of sp³-hybridized carbons (Fsp3) is 1.00. The molecule has 0 aromatic rings. The zero-order valence-corrected chi connectivity index (χ0v) is 12.2. The Balaban J connectivity index is 3.18. The van der Waals surface area contributed by atoms with Gasteiger partial charge in [-0.25, -0.2) is 0 Å². The summed E-state index contributed by atoms with van der Waals surface area (Å²) in [4.78, 5) is 0. The Morgan fingerprint density at radius 3 is 2.12 bits per heavy atom. The van der Waals surface area contributed by atoms with Gasteiger partial charge in [0.1, 0.15) is 0 Å². The largest absolute Gasteiger partial charge is 0.396 e. The molecule has 104 valence electrons. The van der Waals surface area contributed by atoms with E-state index in [1.54, 1.807) is 0 Å². The molecule has 0 heterocycles. The summed E-state index contributed by atoms with van der Waals surface area (Å²) >= 11 is 0. The van der Waals surface area contributed by atoms with E-state index < -0.39 is 0 Å². The van der Waals surface area contributed by atoms with Crippen molar-refractivity contribution in [3.8, 4) is 0 Å². The average molecular weight is 243 g/mol. The van der Waals surface area contributed by atoms with Crippen LogP contribution in [0.5, 0.6) is 0 Å². The van der Waals surface area contributed by atoms with Gasteiger partial charge in [0.25, 0.3) is 0 Å². The van der Waals surface area contributed by atoms with Crippen molar-refractivity contribution in [1.29, 1.82) is 0 Å². The van der Waals surface area contributed by atoms with Gasteiger partial charge in [0, 0.05) is 13.2 Å². The van der Waals surface area contributed by atoms with Crippen LogP contribution >= 0.6 is 0 Å². The highest BCUT2D eigenvalue weighted by Gasteiger charge is 2.15. The molecule has 2 N–H and O–H groups in total. The zero-order valence-electron chi connectivity index (χ0n) is 12.2. The second-order valence-corrected chi connectivity index (χ2v) is 5.94. The standard InChI is InChI=1S/C15H33NO/c1-4-5-6-7-8-9-10-12-16-14-15(2,3)11-13-17/h16-17H,4-14H2,1-3H3. The Morgan fingerprint density at radius 2 is 1.53 bits per heavy atom. The molecule has 0 amide bonds. The van der Waals surface area contributed by atoms with E-state index in [1.807, 2.05) is 0 Å². The Morgan fingerprint density at radius 1 is 0.941 bits per heavy atom. The lowest BCUT2D eigenvalue weighted by Crippen LogP contribution is -2.30. The predicted octanol–water partition coefficient (Wildman–Crippen LogP) is 3.74. The number of unbranched alkanes of at least 4 members (excludes halogenated alkanes) is 6. The fourth-order valence-electron chi connectivity index (χ4n) is 2.02. The van der Waals surface area contributed by atoms with Gasteiger partial charge in [-0.05, 0) is 24.8 Å². The van der Waals surface area contributed by atoms with Crippen LogP contribution in [0, 0.1) is 5.41 Å². The molecule has 2 nitrogen and oxygen atoms in total. The molecule has 0 spiro atoms. The third-order valence-corrected chi connectivity index (χ3v) is 3.35. The third kappa shape index (κ3) is 12.2. The van der Waals surface area contributed by atoms with Crippen molar-refractivity contribution in [3.63, 3.8) is 0 Å². The van der Waals surface area contributed by atoms with Crippen LogP contribution in [0.15, 0.2) is 0 Å². The summed E-state index contributed by atoms with van der Waals surface area (Å²) < 4.78 is 0. The van der Waals surface area contributed by atoms with Crippen LogP contribution in [-0.2, 0) is 0 Å². The SMILES string of the molecule is CCCCCCCCCNCC(C)(C)CCO. The maximum Gasteiger partial charge on any atom is 0.0436 e. The molecule has 0 fully saturated rings. The van der Waals surface area contributed by atoms with Gasteiger partial charge >= 0.3 is 0 Å². The van der Waals surface area contributed by atoms with Crippen molar-refractivity contribution in [2.45, 2.75) is 72.1 Å². The lowest BCUT2D eigenvalue weighted by Gasteiger charge is -2.23. The minimum atomic E-state index is 0.232.